The van der Waals surface area contributed by atoms with Crippen LogP contribution >= 0.6 is 0 Å². The van der Waals surface area contributed by atoms with E-state index in [1.807, 2.05) is 0 Å². The van der Waals surface area contributed by atoms with E-state index in [0.717, 1.165) is 20.8 Å². The van der Waals surface area contributed by atoms with Gasteiger partial charge in [-0.2, -0.15) is 0 Å². The van der Waals surface area contributed by atoms with Crippen molar-refractivity contribution in [2.75, 3.05) is 52.9 Å². The van der Waals surface area contributed by atoms with E-state index in [-0.39, 0.29) is 6.47 Å². The van der Waals surface area contributed by atoms with Crippen LogP contribution in [-0.4, -0.2) is 434 Å². The molecule has 602 valence electrons. The van der Waals surface area contributed by atoms with Crippen LogP contribution in [0, 0.1) is 5.92 Å². The van der Waals surface area contributed by atoms with Gasteiger partial charge in [0.25, 0.3) is 6.47 Å². The standard InChI is InChI=1S/C59H99N3O42/c1-16-21(74)6-59(90-15-70,103-46(16)33(76)22(75)7-63)104-51-36(79)25(10-66)93-57(45(51)88)100-49-28(13-69)96-54(32(40(49)83)62-20(5)73)102-52-42(85)35(78)24(9-65)94-58(52)89-14-29-37(80)50(101-55-43(86)41(84)34(77)23(8-64)92-55)44(87)56(97-29)99-48-27(12-68)95-53(31(39(48)82)61-19(4)72)98-47-26(11-67)91-17(2)30(38(47)81)60-18(3)71/h15-17,21-58,63-69,74-88H,6-14H2,1-5H3,(H,60,71)(H,61,72)(H,62,73)/t16-,17+,21?,22-,23-,24?,25?,26?,27?,28?,29?,30?,31?,32?,33-,34-,35-,36+,37-,38-,39-,40?,41?,42+,43?,44?,45?,46?,47-,48-,49-,50+,51+,52?,53+,54+,55-,56+,57+,58+,59+/m1/s1. The summed E-state index contributed by atoms with van der Waals surface area (Å²) in [7, 11) is 0. The SMILES string of the molecule is CC(=O)NC1C(O)[C@H](O[C@@H]2OC(CO)[C@H](O)[C@H](O[C@]3(OC=O)CC(O)[C@@H](C)C([C@H](O)[C@H](O)CO)O3)C2O)C(CO)O[C@H]1OC1[C@@H](OCC2O[C@@H](O[C@@H]3C(CO)O[C@@H](O[C@@H]4C(CO)O[C@@H](C)C(NC(C)=O)[C@H]4O)C(NC(C)=O)[C@H]3O)C(O)[C@@H](O[C@H]3O[C@H](CO)[C@@H](O)C(O)C3O)[C@@H]2O)OC(CO)[C@@H](O)[C@@H]1O. The van der Waals surface area contributed by atoms with E-state index >= 15 is 0 Å². The largest absolute Gasteiger partial charge is 0.410 e. The molecule has 8 aliphatic heterocycles. The fraction of sp³-hybridized carbons (Fsp3) is 0.932. The Morgan fingerprint density at radius 2 is 0.817 bits per heavy atom. The number of carbonyl (C=O) groups is 4. The zero-order chi connectivity index (χ0) is 76.8. The quantitative estimate of drug-likeness (QED) is 0.0244. The van der Waals surface area contributed by atoms with Crippen LogP contribution in [0.15, 0.2) is 0 Å². The van der Waals surface area contributed by atoms with Gasteiger partial charge < -0.3 is 204 Å². The first kappa shape index (κ1) is 86.0. The van der Waals surface area contributed by atoms with Crippen LogP contribution in [0.1, 0.15) is 41.0 Å². The number of nitrogens with one attached hydrogen (secondary N) is 3. The van der Waals surface area contributed by atoms with Gasteiger partial charge in [0.1, 0.15) is 177 Å². The number of aliphatic hydroxyl groups is 22. The Bertz CT molecular complexity index is 2710. The summed E-state index contributed by atoms with van der Waals surface area (Å²) < 4.78 is 94.0. The molecule has 8 saturated heterocycles. The van der Waals surface area contributed by atoms with E-state index in [2.05, 4.69) is 16.0 Å². The highest BCUT2D eigenvalue weighted by molar-refractivity contribution is 5.74. The number of amides is 3. The van der Waals surface area contributed by atoms with Gasteiger partial charge in [0.15, 0.2) is 37.7 Å². The molecular weight excluding hydrogens is 1420 g/mol. The maximum absolute atomic E-state index is 13.0. The van der Waals surface area contributed by atoms with E-state index in [4.69, 9.17) is 75.8 Å². The second kappa shape index (κ2) is 37.4. The first-order chi connectivity index (χ1) is 49.2. The van der Waals surface area contributed by atoms with Crippen LogP contribution in [0.3, 0.4) is 0 Å². The molecule has 45 nitrogen and oxygen atoms in total. The average molecular weight is 1520 g/mol. The van der Waals surface area contributed by atoms with Gasteiger partial charge in [-0.1, -0.05) is 6.92 Å². The van der Waals surface area contributed by atoms with E-state index < -0.39 is 328 Å². The summed E-state index contributed by atoms with van der Waals surface area (Å²) in [5.74, 6) is -6.32. The third kappa shape index (κ3) is 18.9. The molecule has 0 aromatic carbocycles. The van der Waals surface area contributed by atoms with Crippen LogP contribution in [0.4, 0.5) is 0 Å². The van der Waals surface area contributed by atoms with Crippen LogP contribution in [-0.2, 0) is 95.0 Å². The second-order valence-corrected chi connectivity index (χ2v) is 26.6. The molecule has 0 bridgehead atoms. The molecule has 45 heteroatoms. The minimum Gasteiger partial charge on any atom is -0.410 e. The molecule has 41 atom stereocenters. The van der Waals surface area contributed by atoms with Crippen LogP contribution < -0.4 is 16.0 Å². The third-order valence-corrected chi connectivity index (χ3v) is 19.3. The monoisotopic (exact) mass is 1520 g/mol. The molecule has 8 heterocycles. The Hall–Kier alpha value is -3.60. The molecule has 25 N–H and O–H groups in total. The van der Waals surface area contributed by atoms with E-state index in [9.17, 15) is 132 Å². The number of aliphatic hydroxyl groups excluding tert-OH is 22. The Balaban J connectivity index is 1.06. The number of hydrogen-bond acceptors (Lipinski definition) is 42. The number of rotatable bonds is 29. The zero-order valence-corrected chi connectivity index (χ0v) is 56.5. The third-order valence-electron chi connectivity index (χ3n) is 19.3. The van der Waals surface area contributed by atoms with Gasteiger partial charge in [-0.25, -0.2) is 0 Å². The first-order valence-corrected chi connectivity index (χ1v) is 33.4. The summed E-state index contributed by atoms with van der Waals surface area (Å²) in [6.07, 6.45) is -72.0. The lowest BCUT2D eigenvalue weighted by atomic mass is 9.87. The van der Waals surface area contributed by atoms with Crippen molar-refractivity contribution in [3.05, 3.63) is 0 Å². The molecule has 0 radical (unpaired) electrons. The van der Waals surface area contributed by atoms with Crippen LogP contribution in [0.5, 0.6) is 0 Å². The topological polar surface area (TPSA) is 697 Å². The smallest absolute Gasteiger partial charge is 0.332 e. The van der Waals surface area contributed by atoms with Crippen molar-refractivity contribution in [1.29, 1.82) is 0 Å². The highest BCUT2D eigenvalue weighted by Gasteiger charge is 2.61. The van der Waals surface area contributed by atoms with Gasteiger partial charge in [-0.15, -0.1) is 0 Å². The fourth-order valence-corrected chi connectivity index (χ4v) is 13.7. The lowest BCUT2D eigenvalue weighted by molar-refractivity contribution is -0.448. The van der Waals surface area contributed by atoms with Crippen molar-refractivity contribution in [3.8, 4) is 0 Å². The predicted molar refractivity (Wildman–Crippen MR) is 323 cm³/mol. The first-order valence-electron chi connectivity index (χ1n) is 33.4. The summed E-state index contributed by atoms with van der Waals surface area (Å²) in [4.78, 5) is 49.9. The summed E-state index contributed by atoms with van der Waals surface area (Å²) in [5.41, 5.74) is 0. The minimum atomic E-state index is -2.83. The van der Waals surface area contributed by atoms with E-state index in [0.29, 0.717) is 0 Å². The highest BCUT2D eigenvalue weighted by Crippen LogP contribution is 2.42. The van der Waals surface area contributed by atoms with E-state index in [1.54, 1.807) is 0 Å². The number of carbonyl (C=O) groups excluding carboxylic acids is 4. The summed E-state index contributed by atoms with van der Waals surface area (Å²) in [6.45, 7) is -2.68. The molecule has 3 amide bonds. The van der Waals surface area contributed by atoms with Crippen molar-refractivity contribution in [1.82, 2.24) is 16.0 Å². The van der Waals surface area contributed by atoms with Gasteiger partial charge in [0, 0.05) is 26.7 Å². The maximum atomic E-state index is 13.0. The van der Waals surface area contributed by atoms with Crippen molar-refractivity contribution in [2.24, 2.45) is 5.92 Å². The molecule has 0 saturated carbocycles. The molecule has 0 aromatic heterocycles. The molecule has 17 unspecified atom stereocenters. The molecular formula is C59H99N3O42. The minimum absolute atomic E-state index is 0.231. The summed E-state index contributed by atoms with van der Waals surface area (Å²) in [6, 6.07) is -4.89. The van der Waals surface area contributed by atoms with Gasteiger partial charge in [-0.3, -0.25) is 19.2 Å². The van der Waals surface area contributed by atoms with E-state index in [1.165, 1.54) is 13.8 Å². The van der Waals surface area contributed by atoms with Gasteiger partial charge >= 0.3 is 5.97 Å². The molecule has 8 aliphatic rings. The highest BCUT2D eigenvalue weighted by atomic mass is 16.9. The van der Waals surface area contributed by atoms with Crippen molar-refractivity contribution in [3.63, 3.8) is 0 Å². The van der Waals surface area contributed by atoms with Crippen LogP contribution in [0.2, 0.25) is 0 Å². The zero-order valence-electron chi connectivity index (χ0n) is 56.5. The Labute approximate surface area is 590 Å². The van der Waals surface area contributed by atoms with Gasteiger partial charge in [0.05, 0.1) is 83.6 Å². The number of ether oxygens (including phenoxy) is 16. The normalized spacial score (nSPS) is 47.9. The van der Waals surface area contributed by atoms with Gasteiger partial charge in [0.2, 0.25) is 17.7 Å². The molecule has 8 fully saturated rings. The van der Waals surface area contributed by atoms with Crippen LogP contribution in [0.25, 0.3) is 0 Å². The van der Waals surface area contributed by atoms with Crippen molar-refractivity contribution < 1.29 is 207 Å². The average Bonchev–Trinajstić information content (AvgIpc) is 0.762. The number of hydrogen-bond donors (Lipinski definition) is 25. The summed E-state index contributed by atoms with van der Waals surface area (Å²) in [5, 5.41) is 251. The molecule has 104 heavy (non-hydrogen) atoms. The fourth-order valence-electron chi connectivity index (χ4n) is 13.7. The Morgan fingerprint density at radius 3 is 1.30 bits per heavy atom. The van der Waals surface area contributed by atoms with Crippen molar-refractivity contribution >= 4 is 24.2 Å². The Morgan fingerprint density at radius 1 is 0.433 bits per heavy atom. The maximum Gasteiger partial charge on any atom is 0.332 e. The molecule has 0 aromatic rings. The molecule has 0 spiro atoms. The lowest BCUT2D eigenvalue weighted by Gasteiger charge is -2.51. The molecule has 8 rings (SSSR count). The van der Waals surface area contributed by atoms with Crippen molar-refractivity contribution in [2.45, 2.75) is 286 Å². The molecule has 0 aliphatic carbocycles. The predicted octanol–water partition coefficient (Wildman–Crippen LogP) is -16.4. The van der Waals surface area contributed by atoms with Gasteiger partial charge in [-0.05, 0) is 6.92 Å². The lowest BCUT2D eigenvalue weighted by Crippen LogP contribution is -2.70. The second-order valence-electron chi connectivity index (χ2n) is 26.6. The summed E-state index contributed by atoms with van der Waals surface area (Å²) >= 11 is 0. The Kier molecular flexibility index (Phi) is 30.9.